The van der Waals surface area contributed by atoms with Gasteiger partial charge in [-0.2, -0.15) is 0 Å². The molecule has 0 aromatic heterocycles. The molecule has 0 aliphatic carbocycles. The van der Waals surface area contributed by atoms with E-state index in [9.17, 15) is 4.79 Å². The minimum atomic E-state index is -0.460. The van der Waals surface area contributed by atoms with Gasteiger partial charge < -0.3 is 10.4 Å². The summed E-state index contributed by atoms with van der Waals surface area (Å²) >= 11 is 5.97. The maximum absolute atomic E-state index is 11.5. The third-order valence-corrected chi connectivity index (χ3v) is 2.59. The number of para-hydroxylation sites is 1. The number of halogens is 1. The van der Waals surface area contributed by atoms with Crippen molar-refractivity contribution in [1.29, 1.82) is 0 Å². The lowest BCUT2D eigenvalue weighted by atomic mass is 10.1. The summed E-state index contributed by atoms with van der Waals surface area (Å²) in [5.74, 6) is -0.128. The van der Waals surface area contributed by atoms with Gasteiger partial charge in [0.05, 0.1) is 16.8 Å². The van der Waals surface area contributed by atoms with Gasteiger partial charge in [0.2, 0.25) is 5.91 Å². The highest BCUT2D eigenvalue weighted by Crippen LogP contribution is 2.25. The van der Waals surface area contributed by atoms with Crippen LogP contribution in [0.5, 0.6) is 0 Å². The second-order valence-corrected chi connectivity index (χ2v) is 4.27. The fraction of sp³-hybridized carbons (Fsp3) is 0.417. The average molecular weight is 242 g/mol. The van der Waals surface area contributed by atoms with Crippen molar-refractivity contribution in [1.82, 2.24) is 0 Å². The minimum Gasteiger partial charge on any atom is -0.393 e. The Hall–Kier alpha value is -1.06. The molecule has 4 heteroatoms. The van der Waals surface area contributed by atoms with Gasteiger partial charge in [0.1, 0.15) is 0 Å². The molecule has 1 atom stereocenters. The molecule has 2 N–H and O–H groups in total. The number of hydrogen-bond acceptors (Lipinski definition) is 2. The fourth-order valence-corrected chi connectivity index (χ4v) is 1.60. The molecule has 1 aromatic rings. The lowest BCUT2D eigenvalue weighted by Gasteiger charge is -2.10. The first-order valence-corrected chi connectivity index (χ1v) is 5.61. The smallest absolute Gasteiger partial charge is 0.224 e. The van der Waals surface area contributed by atoms with Gasteiger partial charge in [-0.15, -0.1) is 0 Å². The molecule has 3 nitrogen and oxygen atoms in total. The molecule has 0 saturated carbocycles. The standard InChI is InChI=1S/C12H16ClNO2/c1-8-4-3-5-10(13)12(8)14-11(16)7-6-9(2)15/h3-5,9,15H,6-7H2,1-2H3,(H,14,16). The summed E-state index contributed by atoms with van der Waals surface area (Å²) in [5, 5.41) is 12.4. The first-order chi connectivity index (χ1) is 7.50. The molecule has 0 fully saturated rings. The van der Waals surface area contributed by atoms with Crippen molar-refractivity contribution in [3.05, 3.63) is 28.8 Å². The fourth-order valence-electron chi connectivity index (χ4n) is 1.33. The predicted molar refractivity (Wildman–Crippen MR) is 65.7 cm³/mol. The van der Waals surface area contributed by atoms with Crippen LogP contribution in [0.3, 0.4) is 0 Å². The van der Waals surface area contributed by atoms with E-state index in [-0.39, 0.29) is 5.91 Å². The number of benzene rings is 1. The van der Waals surface area contributed by atoms with E-state index < -0.39 is 6.10 Å². The highest BCUT2D eigenvalue weighted by atomic mass is 35.5. The van der Waals surface area contributed by atoms with Crippen LogP contribution in [0, 0.1) is 6.92 Å². The summed E-state index contributed by atoms with van der Waals surface area (Å²) in [7, 11) is 0. The molecule has 16 heavy (non-hydrogen) atoms. The first-order valence-electron chi connectivity index (χ1n) is 5.23. The van der Waals surface area contributed by atoms with E-state index in [2.05, 4.69) is 5.32 Å². The maximum atomic E-state index is 11.5. The highest BCUT2D eigenvalue weighted by Gasteiger charge is 2.08. The number of aryl methyl sites for hydroxylation is 1. The molecule has 0 bridgehead atoms. The largest absolute Gasteiger partial charge is 0.393 e. The number of rotatable bonds is 4. The Balaban J connectivity index is 2.63. The number of aliphatic hydroxyl groups excluding tert-OH is 1. The third kappa shape index (κ3) is 3.83. The van der Waals surface area contributed by atoms with Gasteiger partial charge in [-0.3, -0.25) is 4.79 Å². The molecule has 0 aliphatic rings. The molecule has 0 spiro atoms. The molecule has 88 valence electrons. The van der Waals surface area contributed by atoms with Crippen molar-refractivity contribution < 1.29 is 9.90 Å². The number of carbonyl (C=O) groups excluding carboxylic acids is 1. The lowest BCUT2D eigenvalue weighted by Crippen LogP contribution is -2.15. The summed E-state index contributed by atoms with van der Waals surface area (Å²) in [4.78, 5) is 11.5. The number of carbonyl (C=O) groups is 1. The van der Waals surface area contributed by atoms with Crippen LogP contribution in [0.4, 0.5) is 5.69 Å². The highest BCUT2D eigenvalue weighted by molar-refractivity contribution is 6.33. The molecule has 1 rings (SSSR count). The van der Waals surface area contributed by atoms with E-state index in [4.69, 9.17) is 16.7 Å². The zero-order valence-corrected chi connectivity index (χ0v) is 10.2. The quantitative estimate of drug-likeness (QED) is 0.852. The second-order valence-electron chi connectivity index (χ2n) is 3.87. The van der Waals surface area contributed by atoms with Crippen LogP contribution in [-0.2, 0) is 4.79 Å². The summed E-state index contributed by atoms with van der Waals surface area (Å²) in [6.07, 6.45) is 0.288. The van der Waals surface area contributed by atoms with Crippen LogP contribution >= 0.6 is 11.6 Å². The predicted octanol–water partition coefficient (Wildman–Crippen LogP) is 2.75. The zero-order valence-electron chi connectivity index (χ0n) is 9.46. The van der Waals surface area contributed by atoms with Crippen LogP contribution in [0.15, 0.2) is 18.2 Å². The molecule has 1 unspecified atom stereocenters. The van der Waals surface area contributed by atoms with Crippen LogP contribution in [0.2, 0.25) is 5.02 Å². The van der Waals surface area contributed by atoms with E-state index in [1.807, 2.05) is 19.1 Å². The summed E-state index contributed by atoms with van der Waals surface area (Å²) < 4.78 is 0. The Bertz CT molecular complexity index is 357. The van der Waals surface area contributed by atoms with Crippen molar-refractivity contribution in [2.45, 2.75) is 32.8 Å². The molecule has 0 radical (unpaired) electrons. The first kappa shape index (κ1) is 13.0. The monoisotopic (exact) mass is 241 g/mol. The molecule has 0 heterocycles. The number of amides is 1. The van der Waals surface area contributed by atoms with Gasteiger partial charge in [0.15, 0.2) is 0 Å². The Labute approximate surface area is 100 Å². The summed E-state index contributed by atoms with van der Waals surface area (Å²) in [5.41, 5.74) is 1.58. The molecule has 1 aromatic carbocycles. The molecular weight excluding hydrogens is 226 g/mol. The zero-order chi connectivity index (χ0) is 12.1. The molecule has 0 saturated heterocycles. The van der Waals surface area contributed by atoms with E-state index in [1.54, 1.807) is 13.0 Å². The van der Waals surface area contributed by atoms with E-state index in [0.29, 0.717) is 23.6 Å². The van der Waals surface area contributed by atoms with Crippen molar-refractivity contribution in [3.8, 4) is 0 Å². The van der Waals surface area contributed by atoms with Crippen molar-refractivity contribution in [3.63, 3.8) is 0 Å². The SMILES string of the molecule is Cc1cccc(Cl)c1NC(=O)CCC(C)O. The van der Waals surface area contributed by atoms with Gasteiger partial charge >= 0.3 is 0 Å². The topological polar surface area (TPSA) is 49.3 Å². The van der Waals surface area contributed by atoms with E-state index in [0.717, 1.165) is 5.56 Å². The minimum absolute atomic E-state index is 0.128. The van der Waals surface area contributed by atoms with Crippen molar-refractivity contribution in [2.75, 3.05) is 5.32 Å². The maximum Gasteiger partial charge on any atom is 0.224 e. The van der Waals surface area contributed by atoms with Gasteiger partial charge in [-0.1, -0.05) is 23.7 Å². The second kappa shape index (κ2) is 5.87. The molecular formula is C12H16ClNO2. The molecule has 0 aliphatic heterocycles. The van der Waals surface area contributed by atoms with Crippen molar-refractivity contribution >= 4 is 23.2 Å². The van der Waals surface area contributed by atoms with E-state index in [1.165, 1.54) is 0 Å². The number of aliphatic hydroxyl groups is 1. The Morgan fingerprint density at radius 3 is 2.81 bits per heavy atom. The Morgan fingerprint density at radius 1 is 1.56 bits per heavy atom. The third-order valence-electron chi connectivity index (χ3n) is 2.28. The Kier molecular flexibility index (Phi) is 4.77. The lowest BCUT2D eigenvalue weighted by molar-refractivity contribution is -0.116. The normalized spacial score (nSPS) is 12.2. The van der Waals surface area contributed by atoms with Gasteiger partial charge in [-0.05, 0) is 31.9 Å². The number of hydrogen-bond donors (Lipinski definition) is 2. The van der Waals surface area contributed by atoms with Crippen LogP contribution in [-0.4, -0.2) is 17.1 Å². The van der Waals surface area contributed by atoms with Gasteiger partial charge in [0.25, 0.3) is 0 Å². The summed E-state index contributed by atoms with van der Waals surface area (Å²) in [6.45, 7) is 3.55. The van der Waals surface area contributed by atoms with E-state index >= 15 is 0 Å². The van der Waals surface area contributed by atoms with Crippen LogP contribution < -0.4 is 5.32 Å². The van der Waals surface area contributed by atoms with Crippen molar-refractivity contribution in [2.24, 2.45) is 0 Å². The van der Waals surface area contributed by atoms with Gasteiger partial charge in [0, 0.05) is 6.42 Å². The molecule has 1 amide bonds. The Morgan fingerprint density at radius 2 is 2.25 bits per heavy atom. The number of nitrogens with one attached hydrogen (secondary N) is 1. The summed E-state index contributed by atoms with van der Waals surface area (Å²) in [6, 6.07) is 5.46. The van der Waals surface area contributed by atoms with Crippen LogP contribution in [0.1, 0.15) is 25.3 Å². The van der Waals surface area contributed by atoms with Crippen LogP contribution in [0.25, 0.3) is 0 Å². The number of anilines is 1. The average Bonchev–Trinajstić information content (AvgIpc) is 2.21. The van der Waals surface area contributed by atoms with Gasteiger partial charge in [-0.25, -0.2) is 0 Å².